The molecule has 0 spiro atoms. The van der Waals surface area contributed by atoms with E-state index >= 15 is 0 Å². The van der Waals surface area contributed by atoms with E-state index in [4.69, 9.17) is 13.8 Å². The number of carbonyl (C=O) groups excluding carboxylic acids is 2. The van der Waals surface area contributed by atoms with Gasteiger partial charge < -0.3 is 28.5 Å². The van der Waals surface area contributed by atoms with Crippen LogP contribution in [0.4, 0.5) is 0 Å². The summed E-state index contributed by atoms with van der Waals surface area (Å²) >= 11 is 0. The van der Waals surface area contributed by atoms with E-state index < -0.39 is 32.5 Å². The summed E-state index contributed by atoms with van der Waals surface area (Å²) in [5.41, 5.74) is 0. The van der Waals surface area contributed by atoms with Crippen LogP contribution in [0.15, 0.2) is 134 Å². The zero-order valence-electron chi connectivity index (χ0n) is 47.7. The van der Waals surface area contributed by atoms with Gasteiger partial charge in [-0.2, -0.15) is 0 Å². The lowest BCUT2D eigenvalue weighted by Crippen LogP contribution is -2.47. The number of likely N-dealkylation sites (N-methyl/N-ethyl adjacent to an activating group) is 1. The first-order valence-electron chi connectivity index (χ1n) is 29.0. The van der Waals surface area contributed by atoms with E-state index in [9.17, 15) is 19.0 Å². The molecule has 0 aromatic heterocycles. The number of nitrogens with zero attached hydrogens (tertiary/aromatic N) is 1. The molecule has 0 bridgehead atoms. The van der Waals surface area contributed by atoms with Gasteiger partial charge in [-0.1, -0.05) is 206 Å². The van der Waals surface area contributed by atoms with Gasteiger partial charge in [-0.25, -0.2) is 0 Å². The molecule has 0 aliphatic rings. The van der Waals surface area contributed by atoms with Crippen LogP contribution in [0.2, 0.25) is 0 Å². The maximum atomic E-state index is 13.5. The highest BCUT2D eigenvalue weighted by Crippen LogP contribution is 2.38. The van der Waals surface area contributed by atoms with E-state index in [1.807, 2.05) is 27.2 Å². The molecule has 0 heterocycles. The summed E-state index contributed by atoms with van der Waals surface area (Å²) < 4.78 is 30.2. The Kier molecular flexibility index (Phi) is 49.8. The van der Waals surface area contributed by atoms with Gasteiger partial charge in [-0.05, 0) is 122 Å². The van der Waals surface area contributed by atoms with Gasteiger partial charge >= 0.3 is 5.97 Å². The summed E-state index contributed by atoms with van der Waals surface area (Å²) in [6.07, 6.45) is 74.3. The number of carbonyl (C=O) groups is 2. The van der Waals surface area contributed by atoms with Gasteiger partial charge in [0, 0.05) is 12.8 Å². The molecule has 3 atom stereocenters. The largest absolute Gasteiger partial charge is 0.756 e. The Balaban J connectivity index is 5.44. The monoisotopic (exact) mass is 1050 g/mol. The Morgan fingerprint density at radius 1 is 0.486 bits per heavy atom. The molecule has 74 heavy (non-hydrogen) atoms. The van der Waals surface area contributed by atoms with Crippen LogP contribution < -0.4 is 10.2 Å². The third-order valence-electron chi connectivity index (χ3n) is 11.8. The normalized spacial score (nSPS) is 14.7. The molecule has 10 heteroatoms. The number of amides is 1. The van der Waals surface area contributed by atoms with E-state index in [1.165, 1.54) is 44.9 Å². The average Bonchev–Trinajstić information content (AvgIpc) is 3.36. The highest BCUT2D eigenvalue weighted by Gasteiger charge is 2.27. The number of allylic oxidation sites excluding steroid dienone is 21. The van der Waals surface area contributed by atoms with Crippen molar-refractivity contribution in [2.75, 3.05) is 40.9 Å². The van der Waals surface area contributed by atoms with E-state index in [0.717, 1.165) is 116 Å². The zero-order chi connectivity index (χ0) is 54.3. The minimum absolute atomic E-state index is 0.0438. The molecule has 9 nitrogen and oxygen atoms in total. The predicted octanol–water partition coefficient (Wildman–Crippen LogP) is 17.1. The molecule has 0 saturated heterocycles. The summed E-state index contributed by atoms with van der Waals surface area (Å²) in [4.78, 5) is 39.8. The van der Waals surface area contributed by atoms with E-state index in [2.05, 4.69) is 148 Å². The second kappa shape index (κ2) is 52.6. The molecular weight excluding hydrogens is 940 g/mol. The third-order valence-corrected chi connectivity index (χ3v) is 12.8. The van der Waals surface area contributed by atoms with Crippen LogP contribution >= 0.6 is 7.82 Å². The highest BCUT2D eigenvalue weighted by molar-refractivity contribution is 7.45. The summed E-state index contributed by atoms with van der Waals surface area (Å²) in [5, 5.41) is 2.98. The van der Waals surface area contributed by atoms with Crippen molar-refractivity contribution in [3.05, 3.63) is 134 Å². The topological polar surface area (TPSA) is 114 Å². The van der Waals surface area contributed by atoms with Crippen LogP contribution in [0.25, 0.3) is 0 Å². The van der Waals surface area contributed by atoms with Crippen molar-refractivity contribution in [3.8, 4) is 0 Å². The summed E-state index contributed by atoms with van der Waals surface area (Å²) in [5.74, 6) is -0.642. The molecule has 0 aromatic carbocycles. The fourth-order valence-corrected chi connectivity index (χ4v) is 8.12. The highest BCUT2D eigenvalue weighted by atomic mass is 31.2. The van der Waals surface area contributed by atoms with Crippen molar-refractivity contribution >= 4 is 19.7 Å². The zero-order valence-corrected chi connectivity index (χ0v) is 48.6. The molecule has 0 rings (SSSR count). The summed E-state index contributed by atoms with van der Waals surface area (Å²) in [7, 11) is 1.11. The lowest BCUT2D eigenvalue weighted by Gasteiger charge is -2.30. The van der Waals surface area contributed by atoms with Crippen molar-refractivity contribution < 1.29 is 37.3 Å². The van der Waals surface area contributed by atoms with Gasteiger partial charge in [0.15, 0.2) is 0 Å². The number of rotatable bonds is 50. The van der Waals surface area contributed by atoms with E-state index in [-0.39, 0.29) is 25.4 Å². The lowest BCUT2D eigenvalue weighted by molar-refractivity contribution is -0.870. The number of unbranched alkanes of at least 4 members (excludes halogenated alkanes) is 14. The number of hydrogen-bond acceptors (Lipinski definition) is 7. The maximum Gasteiger partial charge on any atom is 0.306 e. The summed E-state index contributed by atoms with van der Waals surface area (Å²) in [6.45, 7) is 6.52. The number of quaternary nitrogens is 1. The number of hydrogen-bond donors (Lipinski definition) is 1. The second-order valence-corrected chi connectivity index (χ2v) is 21.4. The Morgan fingerprint density at radius 2 is 0.865 bits per heavy atom. The number of ether oxygens (including phenoxy) is 1. The van der Waals surface area contributed by atoms with Gasteiger partial charge in [0.25, 0.3) is 7.82 Å². The van der Waals surface area contributed by atoms with Gasteiger partial charge in [0.2, 0.25) is 5.91 Å². The fourth-order valence-electron chi connectivity index (χ4n) is 7.40. The molecule has 0 radical (unpaired) electrons. The molecule has 0 aliphatic carbocycles. The lowest BCUT2D eigenvalue weighted by atomic mass is 10.1. The van der Waals surface area contributed by atoms with Crippen LogP contribution in [0.1, 0.15) is 207 Å². The minimum Gasteiger partial charge on any atom is -0.756 e. The Morgan fingerprint density at radius 3 is 1.31 bits per heavy atom. The van der Waals surface area contributed by atoms with Crippen molar-refractivity contribution in [2.24, 2.45) is 0 Å². The average molecular weight is 1050 g/mol. The molecular formula is C64H107N2O7P. The van der Waals surface area contributed by atoms with Crippen LogP contribution in [0.3, 0.4) is 0 Å². The van der Waals surface area contributed by atoms with E-state index in [1.54, 1.807) is 6.08 Å². The van der Waals surface area contributed by atoms with E-state index in [0.29, 0.717) is 23.9 Å². The molecule has 0 saturated carbocycles. The molecule has 1 amide bonds. The van der Waals surface area contributed by atoms with Gasteiger partial charge in [0.05, 0.1) is 33.8 Å². The number of phosphoric ester groups is 1. The van der Waals surface area contributed by atoms with Gasteiger partial charge in [-0.3, -0.25) is 14.2 Å². The molecule has 1 N–H and O–H groups in total. The molecule has 0 aromatic rings. The molecule has 3 unspecified atom stereocenters. The Bertz CT molecular complexity index is 1730. The number of phosphoric acid groups is 1. The number of esters is 1. The second-order valence-electron chi connectivity index (χ2n) is 20.0. The SMILES string of the molecule is CC/C=C\C/C=C\C/C=C\C/C=C\C/C=C\C/C=C\CCCCC(=O)OC(/C=C/CCCCCCCCCCC)C(COP(=O)([O-])OCC[N+](C)(C)C)NC(=O)CCCCC/C=C/C/C=C/C/C=C/C/C=C/CC. The van der Waals surface area contributed by atoms with Gasteiger partial charge in [-0.15, -0.1) is 0 Å². The van der Waals surface area contributed by atoms with Crippen molar-refractivity contribution in [1.29, 1.82) is 0 Å². The van der Waals surface area contributed by atoms with Crippen LogP contribution in [-0.4, -0.2) is 69.4 Å². The number of nitrogens with one attached hydrogen (secondary N) is 1. The molecule has 420 valence electrons. The molecule has 0 aliphatic heterocycles. The standard InChI is InChI=1S/C64H107N2O7P/c1-7-10-13-16-19-22-25-27-29-31-32-33-34-35-37-39-42-45-48-51-54-57-64(68)73-62(55-52-49-46-43-40-24-21-18-15-12-9-3)61(60-72-74(69,70)71-59-58-66(4,5)6)65-63(67)56-53-50-47-44-41-38-36-30-28-26-23-20-17-14-11-8-2/h10-11,13-14,19-20,22-23,27-30,32-33,35,37-38,41-42,45,52,55,61-62H,7-9,12,15-18,21,24-26,31,34,36,39-40,43-44,46-51,53-54,56-60H2,1-6H3,(H-,65,67,69,70)/b13-10-,14-11+,22-19-,23-20+,29-27-,30-28+,33-32-,37-35-,41-38+,45-42-,55-52+. The smallest absolute Gasteiger partial charge is 0.306 e. The maximum absolute atomic E-state index is 13.5. The van der Waals surface area contributed by atoms with Crippen LogP contribution in [0.5, 0.6) is 0 Å². The fraction of sp³-hybridized carbons (Fsp3) is 0.625. The van der Waals surface area contributed by atoms with Crippen molar-refractivity contribution in [2.45, 2.75) is 219 Å². The summed E-state index contributed by atoms with van der Waals surface area (Å²) in [6, 6.07) is -0.932. The quantitative estimate of drug-likeness (QED) is 0.0212. The Hall–Kier alpha value is -3.85. The molecule has 0 fully saturated rings. The third kappa shape index (κ3) is 53.0. The first-order chi connectivity index (χ1) is 35.9. The minimum atomic E-state index is -4.72. The Labute approximate surface area is 454 Å². The van der Waals surface area contributed by atoms with Gasteiger partial charge in [0.1, 0.15) is 19.3 Å². The van der Waals surface area contributed by atoms with Crippen LogP contribution in [0, 0.1) is 0 Å². The van der Waals surface area contributed by atoms with Crippen LogP contribution in [-0.2, 0) is 27.9 Å². The van der Waals surface area contributed by atoms with Crippen molar-refractivity contribution in [3.63, 3.8) is 0 Å². The first-order valence-corrected chi connectivity index (χ1v) is 30.5. The first kappa shape index (κ1) is 70.1. The van der Waals surface area contributed by atoms with Crippen molar-refractivity contribution in [1.82, 2.24) is 5.32 Å². The predicted molar refractivity (Wildman–Crippen MR) is 316 cm³/mol.